The monoisotopic (exact) mass is 281 g/mol. The predicted octanol–water partition coefficient (Wildman–Crippen LogP) is 0.992. The first-order chi connectivity index (χ1) is 9.35. The molecule has 0 aromatic carbocycles. The summed E-state index contributed by atoms with van der Waals surface area (Å²) in [5.74, 6) is 0.441. The minimum absolute atomic E-state index is 0.000806. The third-order valence-electron chi connectivity index (χ3n) is 2.50. The van der Waals surface area contributed by atoms with Crippen molar-refractivity contribution in [3.8, 4) is 0 Å². The van der Waals surface area contributed by atoms with E-state index in [1.54, 1.807) is 14.1 Å². The highest BCUT2D eigenvalue weighted by molar-refractivity contribution is 5.82. The fraction of sp³-hybridized carbons (Fsp3) is 0.500. The van der Waals surface area contributed by atoms with Crippen molar-refractivity contribution >= 4 is 23.2 Å². The minimum Gasteiger partial charge on any atom is -0.373 e. The number of nitrogens with zero attached hydrogens (tertiary/aromatic N) is 3. The van der Waals surface area contributed by atoms with Crippen molar-refractivity contribution < 1.29 is 9.72 Å². The van der Waals surface area contributed by atoms with Crippen molar-refractivity contribution in [2.75, 3.05) is 30.9 Å². The van der Waals surface area contributed by atoms with Crippen LogP contribution in [0.3, 0.4) is 0 Å². The van der Waals surface area contributed by atoms with Gasteiger partial charge in [0.15, 0.2) is 0 Å². The molecule has 1 amide bonds. The number of carbonyl (C=O) groups is 1. The van der Waals surface area contributed by atoms with Crippen molar-refractivity contribution in [3.63, 3.8) is 0 Å². The molecule has 1 rings (SSSR count). The lowest BCUT2D eigenvalue weighted by atomic mass is 10.3. The van der Waals surface area contributed by atoms with E-state index < -0.39 is 4.92 Å². The van der Waals surface area contributed by atoms with Gasteiger partial charge >= 0.3 is 5.69 Å². The number of carbonyl (C=O) groups excluding carboxylic acids is 1. The molecule has 1 heterocycles. The molecule has 2 N–H and O–H groups in total. The summed E-state index contributed by atoms with van der Waals surface area (Å²) in [6, 6.07) is 2.90. The smallest absolute Gasteiger partial charge is 0.311 e. The van der Waals surface area contributed by atoms with Gasteiger partial charge in [-0.2, -0.15) is 0 Å². The standard InChI is InChI=1S/C12H19N5O3/c1-8(2)14-11(18)7-16(4)12-9(17(19)20)5-6-10(13-3)15-12/h5-6,8H,7H2,1-4H3,(H,13,15)(H,14,18). The predicted molar refractivity (Wildman–Crippen MR) is 77.0 cm³/mol. The fourth-order valence-electron chi connectivity index (χ4n) is 1.66. The first kappa shape index (κ1) is 15.7. The summed E-state index contributed by atoms with van der Waals surface area (Å²) in [6.45, 7) is 3.69. The minimum atomic E-state index is -0.515. The van der Waals surface area contributed by atoms with E-state index >= 15 is 0 Å². The topological polar surface area (TPSA) is 100 Å². The average molecular weight is 281 g/mol. The maximum Gasteiger partial charge on any atom is 0.311 e. The first-order valence-corrected chi connectivity index (χ1v) is 6.18. The van der Waals surface area contributed by atoms with Crippen molar-refractivity contribution in [2.24, 2.45) is 0 Å². The first-order valence-electron chi connectivity index (χ1n) is 6.18. The number of nitro groups is 1. The van der Waals surface area contributed by atoms with Gasteiger partial charge in [-0.15, -0.1) is 0 Å². The normalized spacial score (nSPS) is 10.2. The van der Waals surface area contributed by atoms with Gasteiger partial charge in [-0.25, -0.2) is 4.98 Å². The number of amides is 1. The molecule has 0 spiro atoms. The van der Waals surface area contributed by atoms with Crippen LogP contribution < -0.4 is 15.5 Å². The Hall–Kier alpha value is -2.38. The summed E-state index contributed by atoms with van der Waals surface area (Å²) in [4.78, 5) is 27.8. The summed E-state index contributed by atoms with van der Waals surface area (Å²) in [5.41, 5.74) is -0.135. The molecule has 0 saturated heterocycles. The highest BCUT2D eigenvalue weighted by Crippen LogP contribution is 2.26. The van der Waals surface area contributed by atoms with Crippen LogP contribution in [0.2, 0.25) is 0 Å². The van der Waals surface area contributed by atoms with Gasteiger partial charge < -0.3 is 15.5 Å². The van der Waals surface area contributed by atoms with Gasteiger partial charge in [0.2, 0.25) is 11.7 Å². The summed E-state index contributed by atoms with van der Waals surface area (Å²) in [5, 5.41) is 16.5. The molecule has 0 fully saturated rings. The van der Waals surface area contributed by atoms with Crippen LogP contribution in [0.15, 0.2) is 12.1 Å². The summed E-state index contributed by atoms with van der Waals surface area (Å²) in [7, 11) is 3.26. The third kappa shape index (κ3) is 4.08. The molecule has 110 valence electrons. The van der Waals surface area contributed by atoms with Crippen LogP contribution in [0.5, 0.6) is 0 Å². The quantitative estimate of drug-likeness (QED) is 0.596. The summed E-state index contributed by atoms with van der Waals surface area (Å²) < 4.78 is 0. The second-order valence-corrected chi connectivity index (χ2v) is 4.62. The van der Waals surface area contributed by atoms with Crippen LogP contribution in [0, 0.1) is 10.1 Å². The number of aromatic nitrogens is 1. The van der Waals surface area contributed by atoms with Crippen molar-refractivity contribution in [1.29, 1.82) is 0 Å². The van der Waals surface area contributed by atoms with Gasteiger partial charge in [-0.3, -0.25) is 14.9 Å². The van der Waals surface area contributed by atoms with Gasteiger partial charge in [0.05, 0.1) is 11.5 Å². The zero-order valence-electron chi connectivity index (χ0n) is 12.0. The van der Waals surface area contributed by atoms with Crippen LogP contribution in [0.4, 0.5) is 17.3 Å². The molecule has 0 aliphatic heterocycles. The Morgan fingerprint density at radius 3 is 2.65 bits per heavy atom. The number of hydrogen-bond donors (Lipinski definition) is 2. The highest BCUT2D eigenvalue weighted by Gasteiger charge is 2.21. The molecule has 0 unspecified atom stereocenters. The van der Waals surface area contributed by atoms with Crippen LogP contribution in [-0.2, 0) is 4.79 Å². The number of rotatable bonds is 6. The maximum absolute atomic E-state index is 11.7. The van der Waals surface area contributed by atoms with Crippen molar-refractivity contribution in [2.45, 2.75) is 19.9 Å². The lowest BCUT2D eigenvalue weighted by Crippen LogP contribution is -2.39. The zero-order valence-corrected chi connectivity index (χ0v) is 12.0. The molecule has 0 atom stereocenters. The van der Waals surface area contributed by atoms with Crippen molar-refractivity contribution in [3.05, 3.63) is 22.2 Å². The number of hydrogen-bond acceptors (Lipinski definition) is 6. The Morgan fingerprint density at radius 1 is 1.50 bits per heavy atom. The van der Waals surface area contributed by atoms with E-state index in [0.29, 0.717) is 5.82 Å². The Balaban J connectivity index is 2.97. The molecule has 0 radical (unpaired) electrons. The average Bonchev–Trinajstić information content (AvgIpc) is 2.36. The largest absolute Gasteiger partial charge is 0.373 e. The van der Waals surface area contributed by atoms with Crippen LogP contribution in [-0.4, -0.2) is 42.5 Å². The van der Waals surface area contributed by atoms with E-state index in [9.17, 15) is 14.9 Å². The maximum atomic E-state index is 11.7. The van der Waals surface area contributed by atoms with Crippen LogP contribution in [0.1, 0.15) is 13.8 Å². The molecule has 1 aromatic heterocycles. The number of pyridine rings is 1. The molecule has 20 heavy (non-hydrogen) atoms. The Morgan fingerprint density at radius 2 is 2.15 bits per heavy atom. The third-order valence-corrected chi connectivity index (χ3v) is 2.50. The van der Waals surface area contributed by atoms with Crippen LogP contribution in [0.25, 0.3) is 0 Å². The fourth-order valence-corrected chi connectivity index (χ4v) is 1.66. The van der Waals surface area contributed by atoms with E-state index in [-0.39, 0.29) is 30.0 Å². The highest BCUT2D eigenvalue weighted by atomic mass is 16.6. The lowest BCUT2D eigenvalue weighted by molar-refractivity contribution is -0.384. The van der Waals surface area contributed by atoms with Gasteiger partial charge in [0, 0.05) is 26.2 Å². The van der Waals surface area contributed by atoms with Crippen molar-refractivity contribution in [1.82, 2.24) is 10.3 Å². The van der Waals surface area contributed by atoms with Gasteiger partial charge in [-0.05, 0) is 19.9 Å². The molecule has 1 aromatic rings. The molecule has 0 bridgehead atoms. The van der Waals surface area contributed by atoms with E-state index in [2.05, 4.69) is 15.6 Å². The zero-order chi connectivity index (χ0) is 15.3. The van der Waals surface area contributed by atoms with E-state index in [1.165, 1.54) is 17.0 Å². The molecule has 0 aliphatic rings. The second-order valence-electron chi connectivity index (χ2n) is 4.62. The van der Waals surface area contributed by atoms with E-state index in [1.807, 2.05) is 13.8 Å². The Labute approximate surface area is 117 Å². The summed E-state index contributed by atoms with van der Waals surface area (Å²) >= 11 is 0. The molecule has 8 heteroatoms. The van der Waals surface area contributed by atoms with E-state index in [4.69, 9.17) is 0 Å². The lowest BCUT2D eigenvalue weighted by Gasteiger charge is -2.19. The molecule has 8 nitrogen and oxygen atoms in total. The van der Waals surface area contributed by atoms with Gasteiger partial charge in [0.1, 0.15) is 5.82 Å². The summed E-state index contributed by atoms with van der Waals surface area (Å²) in [6.07, 6.45) is 0. The SMILES string of the molecule is CNc1ccc([N+](=O)[O-])c(N(C)CC(=O)NC(C)C)n1. The number of anilines is 2. The second kappa shape index (κ2) is 6.69. The Bertz CT molecular complexity index is 504. The number of nitrogens with one attached hydrogen (secondary N) is 2. The van der Waals surface area contributed by atoms with Gasteiger partial charge in [-0.1, -0.05) is 0 Å². The number of likely N-dealkylation sites (N-methyl/N-ethyl adjacent to an activating group) is 1. The molecule has 0 saturated carbocycles. The molecule has 0 aliphatic carbocycles. The molecular formula is C12H19N5O3. The van der Waals surface area contributed by atoms with E-state index in [0.717, 1.165) is 0 Å². The van der Waals surface area contributed by atoms with Gasteiger partial charge in [0.25, 0.3) is 0 Å². The molecular weight excluding hydrogens is 262 g/mol. The van der Waals surface area contributed by atoms with Crippen LogP contribution >= 0.6 is 0 Å². The Kier molecular flexibility index (Phi) is 5.24.